The van der Waals surface area contributed by atoms with E-state index in [1.165, 1.54) is 48.6 Å². The number of hydrazone groups is 1. The molecule has 1 amide bonds. The van der Waals surface area contributed by atoms with Gasteiger partial charge in [-0.25, -0.2) is 21.5 Å². The molecule has 2 aromatic carbocycles. The van der Waals surface area contributed by atoms with Crippen molar-refractivity contribution in [2.24, 2.45) is 11.0 Å². The number of aromatic amines is 1. The quantitative estimate of drug-likeness (QED) is 0.127. The molecule has 0 radical (unpaired) electrons. The zero-order valence-corrected chi connectivity index (χ0v) is 29.8. The molecule has 1 atom stereocenters. The second-order valence-corrected chi connectivity index (χ2v) is 11.3. The first-order valence-electron chi connectivity index (χ1n) is 12.4. The molecule has 1 aromatic heterocycles. The molecule has 18 heteroatoms. The Hall–Kier alpha value is -2.51. The maximum absolute atomic E-state index is 13.1. The fourth-order valence-electron chi connectivity index (χ4n) is 3.92. The molecular formula is C26H24N4Na2O10S2. The minimum absolute atomic E-state index is 0. The van der Waals surface area contributed by atoms with Gasteiger partial charge < -0.3 is 18.6 Å². The van der Waals surface area contributed by atoms with E-state index in [0.717, 1.165) is 34.0 Å². The van der Waals surface area contributed by atoms with Crippen molar-refractivity contribution in [3.8, 4) is 11.6 Å². The van der Waals surface area contributed by atoms with E-state index in [0.29, 0.717) is 0 Å². The minimum atomic E-state index is -4.66. The molecular weight excluding hydrogens is 638 g/mol. The molecule has 0 spiro atoms. The Bertz CT molecular complexity index is 1850. The van der Waals surface area contributed by atoms with E-state index in [9.17, 15) is 35.5 Å². The summed E-state index contributed by atoms with van der Waals surface area (Å²) in [5.74, 6) is -1.20. The number of allylic oxidation sites excluding steroid dienone is 2. The third-order valence-corrected chi connectivity index (χ3v) is 7.54. The molecule has 44 heavy (non-hydrogen) atoms. The summed E-state index contributed by atoms with van der Waals surface area (Å²) in [7, 11) is -9.31. The number of rotatable bonds is 10. The van der Waals surface area contributed by atoms with Crippen LogP contribution in [0.25, 0.3) is 11.8 Å². The number of hydrogen-bond donors (Lipinski definition) is 1. The van der Waals surface area contributed by atoms with Gasteiger partial charge in [-0.05, 0) is 68.5 Å². The van der Waals surface area contributed by atoms with Crippen molar-refractivity contribution in [3.63, 3.8) is 0 Å². The van der Waals surface area contributed by atoms with Crippen molar-refractivity contribution >= 4 is 43.8 Å². The Balaban J connectivity index is 0.00000337. The summed E-state index contributed by atoms with van der Waals surface area (Å²) in [5, 5.41) is 8.02. The van der Waals surface area contributed by atoms with Crippen LogP contribution in [-0.4, -0.2) is 60.7 Å². The Morgan fingerprint density at radius 1 is 0.841 bits per heavy atom. The fraction of sp³-hybridized carbons (Fsp3) is 0.192. The first-order chi connectivity index (χ1) is 19.8. The summed E-state index contributed by atoms with van der Waals surface area (Å²) >= 11 is 0. The van der Waals surface area contributed by atoms with Crippen LogP contribution in [0.1, 0.15) is 19.4 Å². The van der Waals surface area contributed by atoms with Crippen molar-refractivity contribution in [2.75, 3.05) is 18.2 Å². The zero-order chi connectivity index (χ0) is 30.7. The molecule has 14 nitrogen and oxygen atoms in total. The number of nitrogens with one attached hydrogen (secondary N) is 1. The molecule has 1 unspecified atom stereocenters. The number of anilines is 1. The molecule has 1 N–H and O–H groups in total. The Kier molecular flexibility index (Phi) is 13.4. The van der Waals surface area contributed by atoms with Gasteiger partial charge in [-0.15, -0.1) is 5.10 Å². The zero-order valence-electron chi connectivity index (χ0n) is 24.2. The SMILES string of the molecule is CCOC1=NN(c2ccc(S(=O)(=O)[O-])cc2)C(=O)C1C=CC=Cc1c(OCC)[nH]n(-c2ccc(S(=O)(=O)[O-])cc2)c1=O.[Na+].[Na+]. The van der Waals surface area contributed by atoms with E-state index in [1.54, 1.807) is 13.8 Å². The number of benzene rings is 2. The van der Waals surface area contributed by atoms with Crippen molar-refractivity contribution in [2.45, 2.75) is 23.6 Å². The number of carbonyl (C=O) groups is 1. The van der Waals surface area contributed by atoms with Gasteiger partial charge in [-0.1, -0.05) is 18.2 Å². The number of carbonyl (C=O) groups excluding carboxylic acids is 1. The standard InChI is InChI=1S/C26H26N4O10S2.2Na/c1-3-39-23-21(25(31)29(27-23)17-9-13-19(14-10-17)41(33,34)35)7-5-6-8-22-24(40-4-2)28-30(26(22)32)18-11-15-20(16-12-18)42(36,37)38;;/h5-16,21,28H,3-4H2,1-2H3,(H,33,34,35)(H,36,37,38);;/q;2*+1/p-2. The predicted molar refractivity (Wildman–Crippen MR) is 148 cm³/mol. The van der Waals surface area contributed by atoms with Crippen molar-refractivity contribution in [1.29, 1.82) is 0 Å². The maximum atomic E-state index is 13.1. The van der Waals surface area contributed by atoms with Crippen molar-refractivity contribution in [3.05, 3.63) is 82.7 Å². The van der Waals surface area contributed by atoms with E-state index in [1.807, 2.05) is 0 Å². The molecule has 0 saturated carbocycles. The Morgan fingerprint density at radius 2 is 1.36 bits per heavy atom. The average Bonchev–Trinajstić information content (AvgIpc) is 3.41. The van der Waals surface area contributed by atoms with Gasteiger partial charge in [0.2, 0.25) is 11.8 Å². The topological polar surface area (TPSA) is 203 Å². The van der Waals surface area contributed by atoms with E-state index >= 15 is 0 Å². The normalized spacial score (nSPS) is 15.3. The summed E-state index contributed by atoms with van der Waals surface area (Å²) in [6, 6.07) is 9.48. The van der Waals surface area contributed by atoms with E-state index in [4.69, 9.17) is 9.47 Å². The van der Waals surface area contributed by atoms with Gasteiger partial charge in [0.15, 0.2) is 0 Å². The van der Waals surface area contributed by atoms with Gasteiger partial charge in [0, 0.05) is 0 Å². The fourth-order valence-corrected chi connectivity index (χ4v) is 4.86. The molecule has 4 rings (SSSR count). The molecule has 0 fully saturated rings. The summed E-state index contributed by atoms with van der Waals surface area (Å²) in [6.45, 7) is 3.88. The molecule has 0 bridgehead atoms. The summed E-state index contributed by atoms with van der Waals surface area (Å²) in [6.07, 6.45) is 5.95. The minimum Gasteiger partial charge on any atom is -0.744 e. The van der Waals surface area contributed by atoms with Crippen molar-refractivity contribution in [1.82, 2.24) is 9.78 Å². The van der Waals surface area contributed by atoms with Crippen LogP contribution in [0.3, 0.4) is 0 Å². The van der Waals surface area contributed by atoms with E-state index < -0.39 is 47.4 Å². The van der Waals surface area contributed by atoms with Gasteiger partial charge in [-0.2, -0.15) is 5.01 Å². The van der Waals surface area contributed by atoms with Crippen LogP contribution in [-0.2, 0) is 29.8 Å². The van der Waals surface area contributed by atoms with Crippen LogP contribution in [0.5, 0.6) is 5.88 Å². The van der Waals surface area contributed by atoms with Crippen LogP contribution in [0, 0.1) is 5.92 Å². The number of H-pyrrole nitrogens is 1. The van der Waals surface area contributed by atoms with E-state index in [-0.39, 0.29) is 101 Å². The van der Waals surface area contributed by atoms with Crippen LogP contribution >= 0.6 is 0 Å². The van der Waals surface area contributed by atoms with Gasteiger partial charge in [0.1, 0.15) is 31.7 Å². The Morgan fingerprint density at radius 3 is 1.86 bits per heavy atom. The van der Waals surface area contributed by atoms with Gasteiger partial charge >= 0.3 is 59.1 Å². The molecule has 0 saturated heterocycles. The molecule has 222 valence electrons. The molecule has 1 aliphatic heterocycles. The van der Waals surface area contributed by atoms with Crippen LogP contribution in [0.15, 0.2) is 86.4 Å². The molecule has 3 aromatic rings. The van der Waals surface area contributed by atoms with E-state index in [2.05, 4.69) is 10.2 Å². The third-order valence-electron chi connectivity index (χ3n) is 5.84. The summed E-state index contributed by atoms with van der Waals surface area (Å²) in [5.41, 5.74) is 0.0994. The number of nitrogens with zero attached hydrogens (tertiary/aromatic N) is 3. The summed E-state index contributed by atoms with van der Waals surface area (Å²) in [4.78, 5) is 25.3. The van der Waals surface area contributed by atoms with Gasteiger partial charge in [-0.3, -0.25) is 14.7 Å². The van der Waals surface area contributed by atoms with Crippen molar-refractivity contribution < 1.29 is 99.3 Å². The predicted octanol–water partition coefficient (Wildman–Crippen LogP) is -4.04. The first kappa shape index (κ1) is 37.7. The second kappa shape index (κ2) is 15.7. The largest absolute Gasteiger partial charge is 1.00 e. The smallest absolute Gasteiger partial charge is 0.744 e. The number of hydrogen-bond acceptors (Lipinski definition) is 11. The molecule has 1 aliphatic rings. The monoisotopic (exact) mass is 662 g/mol. The van der Waals surface area contributed by atoms with Crippen LogP contribution in [0.4, 0.5) is 5.69 Å². The Labute approximate surface area is 297 Å². The van der Waals surface area contributed by atoms with Crippen LogP contribution in [0.2, 0.25) is 0 Å². The number of amides is 1. The number of ether oxygens (including phenoxy) is 2. The average molecular weight is 663 g/mol. The molecule has 0 aliphatic carbocycles. The first-order valence-corrected chi connectivity index (χ1v) is 15.2. The maximum Gasteiger partial charge on any atom is 1.00 e. The number of aromatic nitrogens is 2. The van der Waals surface area contributed by atoms with Crippen LogP contribution < -0.4 is 74.4 Å². The molecule has 2 heterocycles. The van der Waals surface area contributed by atoms with Gasteiger partial charge in [0.05, 0.1) is 34.4 Å². The third kappa shape index (κ3) is 8.60. The second-order valence-electron chi connectivity index (χ2n) is 8.57. The van der Waals surface area contributed by atoms with Gasteiger partial charge in [0.25, 0.3) is 11.5 Å². The summed E-state index contributed by atoms with van der Waals surface area (Å²) < 4.78 is 79.4.